The van der Waals surface area contributed by atoms with E-state index in [1.54, 1.807) is 26.2 Å². The Morgan fingerprint density at radius 2 is 1.76 bits per heavy atom. The number of amides is 2. The smallest absolute Gasteiger partial charge is 0.242 e. The lowest BCUT2D eigenvalue weighted by molar-refractivity contribution is -0.140. The lowest BCUT2D eigenvalue weighted by Gasteiger charge is -2.29. The highest BCUT2D eigenvalue weighted by molar-refractivity contribution is 7.92. The molecule has 0 spiro atoms. The highest BCUT2D eigenvalue weighted by Crippen LogP contribution is 2.21. The van der Waals surface area contributed by atoms with Crippen molar-refractivity contribution in [3.8, 4) is 5.75 Å². The van der Waals surface area contributed by atoms with E-state index >= 15 is 0 Å². The third kappa shape index (κ3) is 7.48. The zero-order chi connectivity index (χ0) is 25.3. The van der Waals surface area contributed by atoms with Gasteiger partial charge in [0.15, 0.2) is 0 Å². The lowest BCUT2D eigenvalue weighted by Crippen LogP contribution is -2.46. The van der Waals surface area contributed by atoms with Gasteiger partial charge in [-0.05, 0) is 55.2 Å². The van der Waals surface area contributed by atoms with Gasteiger partial charge in [0.2, 0.25) is 21.8 Å². The molecule has 0 aliphatic carbocycles. The predicted molar refractivity (Wildman–Crippen MR) is 134 cm³/mol. The van der Waals surface area contributed by atoms with Crippen LogP contribution in [0.1, 0.15) is 37.8 Å². The quantitative estimate of drug-likeness (QED) is 0.495. The summed E-state index contributed by atoms with van der Waals surface area (Å²) >= 11 is 0. The maximum Gasteiger partial charge on any atom is 0.242 e. The summed E-state index contributed by atoms with van der Waals surface area (Å²) in [7, 11) is -0.419. The molecule has 8 nitrogen and oxygen atoms in total. The van der Waals surface area contributed by atoms with Crippen LogP contribution in [-0.4, -0.2) is 58.1 Å². The Morgan fingerprint density at radius 3 is 2.32 bits per heavy atom. The number of likely N-dealkylation sites (N-methyl/N-ethyl adjacent to an activating group) is 1. The molecule has 2 amide bonds. The fourth-order valence-corrected chi connectivity index (χ4v) is 4.63. The fourth-order valence-electron chi connectivity index (χ4n) is 3.66. The molecule has 0 aliphatic heterocycles. The van der Waals surface area contributed by atoms with E-state index in [2.05, 4.69) is 5.32 Å². The van der Waals surface area contributed by atoms with E-state index in [-0.39, 0.29) is 31.3 Å². The maximum absolute atomic E-state index is 13.2. The molecule has 2 aromatic carbocycles. The first-order valence-corrected chi connectivity index (χ1v) is 13.2. The summed E-state index contributed by atoms with van der Waals surface area (Å²) in [4.78, 5) is 27.0. The number of anilines is 1. The Labute approximate surface area is 202 Å². The molecule has 0 aromatic heterocycles. The second kappa shape index (κ2) is 12.4. The van der Waals surface area contributed by atoms with Crippen LogP contribution >= 0.6 is 0 Å². The van der Waals surface area contributed by atoms with Gasteiger partial charge in [0, 0.05) is 26.6 Å². The van der Waals surface area contributed by atoms with Crippen LogP contribution in [0.4, 0.5) is 5.69 Å². The highest BCUT2D eigenvalue weighted by Gasteiger charge is 2.26. The lowest BCUT2D eigenvalue weighted by atomic mass is 10.1. The summed E-state index contributed by atoms with van der Waals surface area (Å²) in [5, 5.41) is 2.59. The van der Waals surface area contributed by atoms with Crippen LogP contribution in [0, 0.1) is 0 Å². The minimum atomic E-state index is -3.52. The van der Waals surface area contributed by atoms with Gasteiger partial charge in [0.25, 0.3) is 0 Å². The van der Waals surface area contributed by atoms with Gasteiger partial charge in [-0.25, -0.2) is 8.42 Å². The molecule has 0 radical (unpaired) electrons. The Bertz CT molecular complexity index is 1070. The molecular weight excluding hydrogens is 454 g/mol. The minimum Gasteiger partial charge on any atom is -0.497 e. The number of hydrogen-bond donors (Lipinski definition) is 1. The topological polar surface area (TPSA) is 96.0 Å². The number of carbonyl (C=O) groups excluding carboxylic acids is 2. The molecule has 9 heteroatoms. The van der Waals surface area contributed by atoms with Gasteiger partial charge in [-0.1, -0.05) is 31.2 Å². The van der Waals surface area contributed by atoms with Crippen molar-refractivity contribution in [2.45, 2.75) is 45.7 Å². The second-order valence-corrected chi connectivity index (χ2v) is 10.0. The van der Waals surface area contributed by atoms with Crippen molar-refractivity contribution in [3.05, 3.63) is 59.7 Å². The van der Waals surface area contributed by atoms with E-state index in [1.807, 2.05) is 43.3 Å². The number of hydrogen-bond acceptors (Lipinski definition) is 5. The molecule has 2 rings (SSSR count). The van der Waals surface area contributed by atoms with Gasteiger partial charge in [0.05, 0.1) is 19.1 Å². The van der Waals surface area contributed by atoms with Crippen molar-refractivity contribution < 1.29 is 22.7 Å². The number of nitrogens with zero attached hydrogens (tertiary/aromatic N) is 2. The standard InChI is InChI=1S/C25H35N3O5S/c1-6-20-12-14-22(15-13-20)28(34(5,31)32)16-8-11-24(29)27(19(2)25(30)26-3)18-21-9-7-10-23(17-21)33-4/h7,9-10,12-15,17,19H,6,8,11,16,18H2,1-5H3,(H,26,30)/t19-/m1/s1. The Kier molecular flexibility index (Phi) is 9.92. The van der Waals surface area contributed by atoms with Gasteiger partial charge in [-0.3, -0.25) is 13.9 Å². The van der Waals surface area contributed by atoms with E-state index in [4.69, 9.17) is 4.74 Å². The van der Waals surface area contributed by atoms with E-state index in [0.29, 0.717) is 17.9 Å². The first-order valence-electron chi connectivity index (χ1n) is 11.3. The minimum absolute atomic E-state index is 0.102. The SMILES string of the molecule is CCc1ccc(N(CCCC(=O)N(Cc2cccc(OC)c2)[C@H](C)C(=O)NC)S(C)(=O)=O)cc1. The summed E-state index contributed by atoms with van der Waals surface area (Å²) in [6.07, 6.45) is 2.44. The average Bonchev–Trinajstić information content (AvgIpc) is 2.83. The summed E-state index contributed by atoms with van der Waals surface area (Å²) in [5.41, 5.74) is 2.51. The molecule has 0 heterocycles. The molecule has 1 N–H and O–H groups in total. The van der Waals surface area contributed by atoms with Crippen molar-refractivity contribution in [1.29, 1.82) is 0 Å². The van der Waals surface area contributed by atoms with Crippen molar-refractivity contribution in [2.24, 2.45) is 0 Å². The van der Waals surface area contributed by atoms with Gasteiger partial charge in [-0.15, -0.1) is 0 Å². The van der Waals surface area contributed by atoms with E-state index < -0.39 is 16.1 Å². The first-order chi connectivity index (χ1) is 16.1. The third-order valence-corrected chi connectivity index (χ3v) is 6.88. The van der Waals surface area contributed by atoms with Gasteiger partial charge >= 0.3 is 0 Å². The number of carbonyl (C=O) groups is 2. The van der Waals surface area contributed by atoms with Crippen LogP contribution in [0.5, 0.6) is 5.75 Å². The molecule has 1 atom stereocenters. The maximum atomic E-state index is 13.2. The number of sulfonamides is 1. The van der Waals surface area contributed by atoms with Gasteiger partial charge < -0.3 is 15.0 Å². The summed E-state index contributed by atoms with van der Waals surface area (Å²) in [6.45, 7) is 4.11. The number of nitrogens with one attached hydrogen (secondary N) is 1. The molecule has 0 saturated heterocycles. The van der Waals surface area contributed by atoms with Crippen molar-refractivity contribution >= 4 is 27.5 Å². The van der Waals surface area contributed by atoms with E-state index in [0.717, 1.165) is 23.8 Å². The van der Waals surface area contributed by atoms with Gasteiger partial charge in [-0.2, -0.15) is 0 Å². The van der Waals surface area contributed by atoms with Crippen LogP contribution < -0.4 is 14.4 Å². The molecule has 0 bridgehead atoms. The average molecular weight is 490 g/mol. The van der Waals surface area contributed by atoms with E-state index in [1.165, 1.54) is 16.3 Å². The molecule has 0 aliphatic rings. The summed E-state index contributed by atoms with van der Waals surface area (Å²) < 4.78 is 31.4. The van der Waals surface area contributed by atoms with Crippen LogP contribution in [-0.2, 0) is 32.6 Å². The zero-order valence-corrected chi connectivity index (χ0v) is 21.4. The first kappa shape index (κ1) is 27.2. The van der Waals surface area contributed by atoms with E-state index in [9.17, 15) is 18.0 Å². The zero-order valence-electron chi connectivity index (χ0n) is 20.6. The third-order valence-electron chi connectivity index (χ3n) is 5.69. The van der Waals surface area contributed by atoms with Crippen LogP contribution in [0.25, 0.3) is 0 Å². The molecule has 0 unspecified atom stereocenters. The summed E-state index contributed by atoms with van der Waals surface area (Å²) in [6, 6.07) is 14.0. The number of ether oxygens (including phenoxy) is 1. The molecule has 0 saturated carbocycles. The molecule has 34 heavy (non-hydrogen) atoms. The van der Waals surface area contributed by atoms with Gasteiger partial charge in [0.1, 0.15) is 11.8 Å². The highest BCUT2D eigenvalue weighted by atomic mass is 32.2. The number of aryl methyl sites for hydroxylation is 1. The predicted octanol–water partition coefficient (Wildman–Crippen LogP) is 2.97. The largest absolute Gasteiger partial charge is 0.497 e. The summed E-state index contributed by atoms with van der Waals surface area (Å²) in [5.74, 6) is 0.161. The normalized spacial score (nSPS) is 12.0. The monoisotopic (exact) mass is 489 g/mol. The van der Waals surface area contributed by atoms with Crippen molar-refractivity contribution in [1.82, 2.24) is 10.2 Å². The molecule has 0 fully saturated rings. The number of benzene rings is 2. The van der Waals surface area contributed by atoms with Crippen molar-refractivity contribution in [3.63, 3.8) is 0 Å². The Morgan fingerprint density at radius 1 is 1.09 bits per heavy atom. The molecular formula is C25H35N3O5S. The van der Waals surface area contributed by atoms with Crippen molar-refractivity contribution in [2.75, 3.05) is 31.3 Å². The number of methoxy groups -OCH3 is 1. The van der Waals surface area contributed by atoms with Crippen LogP contribution in [0.15, 0.2) is 48.5 Å². The molecule has 186 valence electrons. The fraction of sp³-hybridized carbons (Fsp3) is 0.440. The number of rotatable bonds is 12. The second-order valence-electron chi connectivity index (χ2n) is 8.12. The van der Waals surface area contributed by atoms with Crippen LogP contribution in [0.2, 0.25) is 0 Å². The molecule has 2 aromatic rings. The Balaban J connectivity index is 2.15. The Hall–Kier alpha value is -3.07. The van der Waals surface area contributed by atoms with Crippen LogP contribution in [0.3, 0.4) is 0 Å².